The van der Waals surface area contributed by atoms with Gasteiger partial charge < -0.3 is 10.6 Å². The standard InChI is InChI=1S/C16H17N3O/c1-11(12-4-7-17-8-5-12)19-16(20)14-3-2-13-6-9-18-15(13)10-14/h2-5,7-8,10-11,18H,6,9H2,1H3,(H,19,20). The molecule has 102 valence electrons. The summed E-state index contributed by atoms with van der Waals surface area (Å²) in [6.45, 7) is 2.92. The number of hydrogen-bond acceptors (Lipinski definition) is 3. The van der Waals surface area contributed by atoms with Crippen LogP contribution in [0.2, 0.25) is 0 Å². The summed E-state index contributed by atoms with van der Waals surface area (Å²) in [6.07, 6.45) is 4.50. The van der Waals surface area contributed by atoms with Gasteiger partial charge >= 0.3 is 0 Å². The summed E-state index contributed by atoms with van der Waals surface area (Å²) < 4.78 is 0. The lowest BCUT2D eigenvalue weighted by atomic mass is 10.1. The lowest BCUT2D eigenvalue weighted by molar-refractivity contribution is 0.0940. The van der Waals surface area contributed by atoms with E-state index in [4.69, 9.17) is 0 Å². The Morgan fingerprint density at radius 3 is 2.90 bits per heavy atom. The number of pyridine rings is 1. The molecule has 0 spiro atoms. The first kappa shape index (κ1) is 12.7. The third kappa shape index (κ3) is 2.50. The summed E-state index contributed by atoms with van der Waals surface area (Å²) in [5.74, 6) is -0.0502. The SMILES string of the molecule is CC(NC(=O)c1ccc2c(c1)NCC2)c1ccncc1. The van der Waals surface area contributed by atoms with Crippen molar-refractivity contribution in [2.24, 2.45) is 0 Å². The highest BCUT2D eigenvalue weighted by Gasteiger charge is 2.15. The predicted molar refractivity (Wildman–Crippen MR) is 78.8 cm³/mol. The molecule has 0 saturated heterocycles. The molecule has 0 saturated carbocycles. The molecule has 2 heterocycles. The van der Waals surface area contributed by atoms with E-state index < -0.39 is 0 Å². The van der Waals surface area contributed by atoms with Crippen molar-refractivity contribution in [3.8, 4) is 0 Å². The number of nitrogens with zero attached hydrogens (tertiary/aromatic N) is 1. The summed E-state index contributed by atoms with van der Waals surface area (Å²) in [4.78, 5) is 16.3. The van der Waals surface area contributed by atoms with Crippen LogP contribution in [0.15, 0.2) is 42.7 Å². The van der Waals surface area contributed by atoms with E-state index in [0.717, 1.165) is 24.2 Å². The van der Waals surface area contributed by atoms with Crippen LogP contribution in [-0.4, -0.2) is 17.4 Å². The van der Waals surface area contributed by atoms with Crippen molar-refractivity contribution in [3.05, 3.63) is 59.4 Å². The van der Waals surface area contributed by atoms with Gasteiger partial charge in [0, 0.05) is 30.2 Å². The Morgan fingerprint density at radius 1 is 1.30 bits per heavy atom. The van der Waals surface area contributed by atoms with E-state index in [9.17, 15) is 4.79 Å². The van der Waals surface area contributed by atoms with Gasteiger partial charge in [0.05, 0.1) is 6.04 Å². The number of carbonyl (C=O) groups excluding carboxylic acids is 1. The van der Waals surface area contributed by atoms with Crippen molar-refractivity contribution in [2.75, 3.05) is 11.9 Å². The van der Waals surface area contributed by atoms with Crippen LogP contribution in [0.25, 0.3) is 0 Å². The Bertz CT molecular complexity index is 625. The van der Waals surface area contributed by atoms with E-state index >= 15 is 0 Å². The molecule has 1 aliphatic rings. The van der Waals surface area contributed by atoms with E-state index in [1.807, 2.05) is 37.3 Å². The molecule has 1 atom stereocenters. The molecule has 0 fully saturated rings. The van der Waals surface area contributed by atoms with Gasteiger partial charge in [-0.15, -0.1) is 0 Å². The summed E-state index contributed by atoms with van der Waals surface area (Å²) in [5.41, 5.74) is 4.10. The lowest BCUT2D eigenvalue weighted by Crippen LogP contribution is -2.26. The van der Waals surface area contributed by atoms with Gasteiger partial charge in [0.15, 0.2) is 0 Å². The molecule has 2 aromatic rings. The van der Waals surface area contributed by atoms with Crippen LogP contribution in [0.4, 0.5) is 5.69 Å². The van der Waals surface area contributed by atoms with Crippen LogP contribution in [0.5, 0.6) is 0 Å². The zero-order valence-corrected chi connectivity index (χ0v) is 11.4. The number of amides is 1. The molecule has 0 aliphatic carbocycles. The largest absolute Gasteiger partial charge is 0.384 e. The molecule has 4 nitrogen and oxygen atoms in total. The second-order valence-electron chi connectivity index (χ2n) is 5.02. The Balaban J connectivity index is 1.73. The molecule has 20 heavy (non-hydrogen) atoms. The minimum absolute atomic E-state index is 0.0355. The Kier molecular flexibility index (Phi) is 3.37. The normalized spacial score (nSPS) is 14.2. The summed E-state index contributed by atoms with van der Waals surface area (Å²) in [6, 6.07) is 9.63. The maximum absolute atomic E-state index is 12.3. The van der Waals surface area contributed by atoms with Crippen LogP contribution in [-0.2, 0) is 6.42 Å². The Hall–Kier alpha value is -2.36. The molecule has 0 bridgehead atoms. The van der Waals surface area contributed by atoms with Crippen molar-refractivity contribution in [1.29, 1.82) is 0 Å². The van der Waals surface area contributed by atoms with Gasteiger partial charge in [-0.25, -0.2) is 0 Å². The smallest absolute Gasteiger partial charge is 0.251 e. The first-order valence-electron chi connectivity index (χ1n) is 6.81. The minimum atomic E-state index is -0.0502. The van der Waals surface area contributed by atoms with E-state index in [1.54, 1.807) is 12.4 Å². The molecule has 1 amide bonds. The fourth-order valence-corrected chi connectivity index (χ4v) is 2.45. The average molecular weight is 267 g/mol. The van der Waals surface area contributed by atoms with Crippen LogP contribution in [0.3, 0.4) is 0 Å². The average Bonchev–Trinajstić information content (AvgIpc) is 2.95. The number of carbonyl (C=O) groups is 1. The van der Waals surface area contributed by atoms with Crippen molar-refractivity contribution >= 4 is 11.6 Å². The van der Waals surface area contributed by atoms with Crippen molar-refractivity contribution in [2.45, 2.75) is 19.4 Å². The number of benzene rings is 1. The second-order valence-corrected chi connectivity index (χ2v) is 5.02. The summed E-state index contributed by atoms with van der Waals surface area (Å²) in [5, 5.41) is 6.30. The zero-order valence-electron chi connectivity index (χ0n) is 11.4. The quantitative estimate of drug-likeness (QED) is 0.898. The fraction of sp³-hybridized carbons (Fsp3) is 0.250. The van der Waals surface area contributed by atoms with Gasteiger partial charge in [0.1, 0.15) is 0 Å². The number of aromatic nitrogens is 1. The third-order valence-electron chi connectivity index (χ3n) is 3.64. The number of anilines is 1. The molecule has 1 aromatic heterocycles. The van der Waals surface area contributed by atoms with Crippen LogP contribution < -0.4 is 10.6 Å². The van der Waals surface area contributed by atoms with E-state index in [0.29, 0.717) is 5.56 Å². The highest BCUT2D eigenvalue weighted by atomic mass is 16.1. The van der Waals surface area contributed by atoms with E-state index in [2.05, 4.69) is 15.6 Å². The van der Waals surface area contributed by atoms with Crippen molar-refractivity contribution in [3.63, 3.8) is 0 Å². The van der Waals surface area contributed by atoms with Gasteiger partial charge in [0.25, 0.3) is 5.91 Å². The monoisotopic (exact) mass is 267 g/mol. The third-order valence-corrected chi connectivity index (χ3v) is 3.64. The molecular formula is C16H17N3O. The zero-order chi connectivity index (χ0) is 13.9. The number of hydrogen-bond donors (Lipinski definition) is 2. The van der Waals surface area contributed by atoms with E-state index in [-0.39, 0.29) is 11.9 Å². The highest BCUT2D eigenvalue weighted by molar-refractivity contribution is 5.95. The van der Waals surface area contributed by atoms with Gasteiger partial charge in [-0.3, -0.25) is 9.78 Å². The van der Waals surface area contributed by atoms with Gasteiger partial charge in [-0.05, 0) is 48.7 Å². The Morgan fingerprint density at radius 2 is 2.10 bits per heavy atom. The molecule has 2 N–H and O–H groups in total. The molecule has 1 aliphatic heterocycles. The van der Waals surface area contributed by atoms with Crippen LogP contribution >= 0.6 is 0 Å². The lowest BCUT2D eigenvalue weighted by Gasteiger charge is -2.14. The first-order valence-corrected chi connectivity index (χ1v) is 6.81. The molecule has 1 aromatic carbocycles. The van der Waals surface area contributed by atoms with Gasteiger partial charge in [0.2, 0.25) is 0 Å². The fourth-order valence-electron chi connectivity index (χ4n) is 2.45. The first-order chi connectivity index (χ1) is 9.74. The summed E-state index contributed by atoms with van der Waals surface area (Å²) >= 11 is 0. The molecule has 3 rings (SSSR count). The molecule has 1 unspecified atom stereocenters. The molecule has 0 radical (unpaired) electrons. The summed E-state index contributed by atoms with van der Waals surface area (Å²) in [7, 11) is 0. The molecular weight excluding hydrogens is 250 g/mol. The maximum atomic E-state index is 12.3. The second kappa shape index (κ2) is 5.33. The van der Waals surface area contributed by atoms with Crippen molar-refractivity contribution < 1.29 is 4.79 Å². The van der Waals surface area contributed by atoms with Crippen molar-refractivity contribution in [1.82, 2.24) is 10.3 Å². The van der Waals surface area contributed by atoms with E-state index in [1.165, 1.54) is 5.56 Å². The minimum Gasteiger partial charge on any atom is -0.384 e. The highest BCUT2D eigenvalue weighted by Crippen LogP contribution is 2.23. The topological polar surface area (TPSA) is 54.0 Å². The number of nitrogens with one attached hydrogen (secondary N) is 2. The molecule has 4 heteroatoms. The van der Waals surface area contributed by atoms with Crippen LogP contribution in [0.1, 0.15) is 34.5 Å². The number of fused-ring (bicyclic) bond motifs is 1. The Labute approximate surface area is 118 Å². The number of rotatable bonds is 3. The maximum Gasteiger partial charge on any atom is 0.251 e. The van der Waals surface area contributed by atoms with Gasteiger partial charge in [-0.2, -0.15) is 0 Å². The predicted octanol–water partition coefficient (Wildman–Crippen LogP) is 2.54. The van der Waals surface area contributed by atoms with Gasteiger partial charge in [-0.1, -0.05) is 6.07 Å². The van der Waals surface area contributed by atoms with Crippen LogP contribution in [0, 0.1) is 0 Å².